The molecule has 3 nitrogen and oxygen atoms in total. The monoisotopic (exact) mass is 366 g/mol. The average molecular weight is 366 g/mol. The largest absolute Gasteiger partial charge is 0.399 e. The highest BCUT2D eigenvalue weighted by molar-refractivity contribution is 7.80. The third-order valence-electron chi connectivity index (χ3n) is 7.19. The van der Waals surface area contributed by atoms with Gasteiger partial charge >= 0.3 is 0 Å². The van der Waals surface area contributed by atoms with Crippen LogP contribution in [-0.2, 0) is 4.57 Å². The molecule has 0 spiro atoms. The number of hydrogen-bond acceptors (Lipinski definition) is 3. The molecule has 0 amide bonds. The van der Waals surface area contributed by atoms with Crippen LogP contribution in [0.2, 0.25) is 0 Å². The fourth-order valence-corrected chi connectivity index (χ4v) is 10.6. The summed E-state index contributed by atoms with van der Waals surface area (Å²) >= 11 is 0. The van der Waals surface area contributed by atoms with E-state index in [0.717, 1.165) is 59.0 Å². The van der Waals surface area contributed by atoms with Crippen molar-refractivity contribution in [3.63, 3.8) is 0 Å². The molecule has 2 aromatic carbocycles. The molecule has 6 rings (SSSR count). The summed E-state index contributed by atoms with van der Waals surface area (Å²) in [5.74, 6) is 2.28. The van der Waals surface area contributed by atoms with Crippen molar-refractivity contribution in [1.29, 1.82) is 0 Å². The molecule has 4 bridgehead atoms. The molecular formula is C22H27N2OP. The minimum atomic E-state index is -2.77. The van der Waals surface area contributed by atoms with Crippen LogP contribution in [0.1, 0.15) is 38.5 Å². The molecule has 4 aliphatic carbocycles. The van der Waals surface area contributed by atoms with Crippen molar-refractivity contribution in [2.45, 2.75) is 43.7 Å². The van der Waals surface area contributed by atoms with Gasteiger partial charge in [0.15, 0.2) is 0 Å². The lowest BCUT2D eigenvalue weighted by atomic mass is 9.56. The first-order valence-corrected chi connectivity index (χ1v) is 11.5. The lowest BCUT2D eigenvalue weighted by Gasteiger charge is -2.59. The van der Waals surface area contributed by atoms with Crippen LogP contribution in [0, 0.1) is 17.8 Å². The highest BCUT2D eigenvalue weighted by Crippen LogP contribution is 2.71. The minimum Gasteiger partial charge on any atom is -0.399 e. The van der Waals surface area contributed by atoms with E-state index in [1.807, 2.05) is 48.5 Å². The third kappa shape index (κ3) is 2.29. The van der Waals surface area contributed by atoms with Crippen LogP contribution >= 0.6 is 7.14 Å². The molecule has 4 heteroatoms. The highest BCUT2D eigenvalue weighted by Gasteiger charge is 2.59. The van der Waals surface area contributed by atoms with E-state index in [9.17, 15) is 0 Å². The molecule has 0 unspecified atom stereocenters. The first kappa shape index (κ1) is 16.4. The van der Waals surface area contributed by atoms with Crippen molar-refractivity contribution >= 4 is 29.1 Å². The van der Waals surface area contributed by atoms with Gasteiger partial charge in [0, 0.05) is 27.1 Å². The number of rotatable bonds is 3. The third-order valence-corrected chi connectivity index (χ3v) is 11.1. The molecule has 0 heterocycles. The van der Waals surface area contributed by atoms with Gasteiger partial charge in [0.05, 0.1) is 0 Å². The molecule has 26 heavy (non-hydrogen) atoms. The molecule has 4 N–H and O–H groups in total. The second-order valence-electron chi connectivity index (χ2n) is 8.93. The van der Waals surface area contributed by atoms with Gasteiger partial charge in [-0.2, -0.15) is 0 Å². The molecule has 0 aliphatic heterocycles. The Kier molecular flexibility index (Phi) is 3.56. The Bertz CT molecular complexity index is 787. The Morgan fingerprint density at radius 1 is 0.692 bits per heavy atom. The smallest absolute Gasteiger partial charge is 0.149 e. The zero-order valence-electron chi connectivity index (χ0n) is 15.1. The topological polar surface area (TPSA) is 69.1 Å². The van der Waals surface area contributed by atoms with Crippen LogP contribution < -0.4 is 22.1 Å². The van der Waals surface area contributed by atoms with Crippen molar-refractivity contribution in [2.24, 2.45) is 17.8 Å². The van der Waals surface area contributed by atoms with Crippen molar-refractivity contribution in [3.8, 4) is 0 Å². The Morgan fingerprint density at radius 2 is 1.04 bits per heavy atom. The first-order valence-electron chi connectivity index (χ1n) is 9.81. The number of nitrogen functional groups attached to an aromatic ring is 2. The quantitative estimate of drug-likeness (QED) is 0.634. The maximum absolute atomic E-state index is 15.0. The first-order chi connectivity index (χ1) is 12.5. The minimum absolute atomic E-state index is 0.0754. The molecule has 4 aliphatic rings. The molecule has 0 atom stereocenters. The van der Waals surface area contributed by atoms with Gasteiger partial charge in [-0.3, -0.25) is 0 Å². The van der Waals surface area contributed by atoms with Gasteiger partial charge in [-0.05, 0) is 105 Å². The summed E-state index contributed by atoms with van der Waals surface area (Å²) < 4.78 is 15.0. The number of benzene rings is 2. The van der Waals surface area contributed by atoms with Crippen molar-refractivity contribution < 1.29 is 4.57 Å². The summed E-state index contributed by atoms with van der Waals surface area (Å²) in [5, 5.41) is 1.87. The van der Waals surface area contributed by atoms with Crippen molar-refractivity contribution in [3.05, 3.63) is 48.5 Å². The maximum Gasteiger partial charge on any atom is 0.149 e. The molecule has 136 valence electrons. The van der Waals surface area contributed by atoms with Gasteiger partial charge in [0.1, 0.15) is 7.14 Å². The lowest BCUT2D eigenvalue weighted by molar-refractivity contribution is 0.0340. The standard InChI is InChI=1S/C22H27N2OP/c23-18-1-5-20(6-2-18)26(25,21-7-3-19(24)4-8-21)22-12-15-9-16(13-22)11-17(10-15)14-22/h1-8,15-17H,9-14,23-24H2. The van der Waals surface area contributed by atoms with Gasteiger partial charge < -0.3 is 16.0 Å². The van der Waals surface area contributed by atoms with Gasteiger partial charge in [-0.25, -0.2) is 0 Å². The lowest BCUT2D eigenvalue weighted by Crippen LogP contribution is -2.53. The summed E-state index contributed by atoms with van der Waals surface area (Å²) in [6.07, 6.45) is 7.40. The van der Waals surface area contributed by atoms with E-state index >= 15 is 4.57 Å². The molecule has 4 saturated carbocycles. The zero-order valence-corrected chi connectivity index (χ0v) is 16.0. The predicted molar refractivity (Wildman–Crippen MR) is 109 cm³/mol. The number of nitrogens with two attached hydrogens (primary N) is 2. The van der Waals surface area contributed by atoms with Gasteiger partial charge in [-0.15, -0.1) is 0 Å². The Hall–Kier alpha value is -1.73. The summed E-state index contributed by atoms with van der Waals surface area (Å²) in [6, 6.07) is 15.6. The molecule has 0 radical (unpaired) electrons. The van der Waals surface area contributed by atoms with Gasteiger partial charge in [0.2, 0.25) is 0 Å². The highest BCUT2D eigenvalue weighted by atomic mass is 31.2. The summed E-state index contributed by atoms with van der Waals surface area (Å²) in [4.78, 5) is 0. The van der Waals surface area contributed by atoms with Crippen molar-refractivity contribution in [1.82, 2.24) is 0 Å². The SMILES string of the molecule is Nc1ccc(P(=O)(c2ccc(N)cc2)C23CC4CC(CC(C4)C2)C3)cc1. The predicted octanol–water partition coefficient (Wildman–Crippen LogP) is 4.13. The fraction of sp³-hybridized carbons (Fsp3) is 0.455. The van der Waals surface area contributed by atoms with Crippen molar-refractivity contribution in [2.75, 3.05) is 11.5 Å². The van der Waals surface area contributed by atoms with E-state index in [2.05, 4.69) is 0 Å². The van der Waals surface area contributed by atoms with E-state index < -0.39 is 7.14 Å². The Morgan fingerprint density at radius 3 is 1.38 bits per heavy atom. The van der Waals surface area contributed by atoms with E-state index in [-0.39, 0.29) is 5.16 Å². The Balaban J connectivity index is 1.71. The van der Waals surface area contributed by atoms with Crippen LogP contribution in [0.5, 0.6) is 0 Å². The molecular weight excluding hydrogens is 339 g/mol. The van der Waals surface area contributed by atoms with E-state index in [0.29, 0.717) is 0 Å². The normalized spacial score (nSPS) is 32.7. The Labute approximate surface area is 155 Å². The fourth-order valence-electron chi connectivity index (χ4n) is 6.52. The van der Waals surface area contributed by atoms with Crippen LogP contribution in [-0.4, -0.2) is 5.16 Å². The second kappa shape index (κ2) is 5.63. The molecule has 2 aromatic rings. The van der Waals surface area contributed by atoms with Crippen LogP contribution in [0.4, 0.5) is 11.4 Å². The average Bonchev–Trinajstić information content (AvgIpc) is 2.61. The summed E-state index contributed by atoms with van der Waals surface area (Å²) in [7, 11) is -2.77. The molecule has 0 saturated heterocycles. The zero-order chi connectivity index (χ0) is 17.9. The maximum atomic E-state index is 15.0. The van der Waals surface area contributed by atoms with Gasteiger partial charge in [0.25, 0.3) is 0 Å². The van der Waals surface area contributed by atoms with Gasteiger partial charge in [-0.1, -0.05) is 0 Å². The van der Waals surface area contributed by atoms with E-state index in [1.54, 1.807) is 0 Å². The number of hydrogen-bond donors (Lipinski definition) is 2. The molecule has 0 aromatic heterocycles. The second-order valence-corrected chi connectivity index (χ2v) is 12.1. The summed E-state index contributed by atoms with van der Waals surface area (Å²) in [5.41, 5.74) is 13.3. The van der Waals surface area contributed by atoms with Crippen LogP contribution in [0.15, 0.2) is 48.5 Å². The molecule has 4 fully saturated rings. The number of anilines is 2. The summed E-state index contributed by atoms with van der Waals surface area (Å²) in [6.45, 7) is 0. The van der Waals surface area contributed by atoms with Crippen LogP contribution in [0.25, 0.3) is 0 Å². The van der Waals surface area contributed by atoms with E-state index in [1.165, 1.54) is 19.3 Å². The van der Waals surface area contributed by atoms with E-state index in [4.69, 9.17) is 11.5 Å². The van der Waals surface area contributed by atoms with Crippen LogP contribution in [0.3, 0.4) is 0 Å².